The third-order valence-electron chi connectivity index (χ3n) is 11.7. The summed E-state index contributed by atoms with van der Waals surface area (Å²) in [5.41, 5.74) is 6.63. The smallest absolute Gasteiger partial charge is 0.406 e. The Kier molecular flexibility index (Phi) is 20.2. The molecule has 1 aliphatic heterocycles. The van der Waals surface area contributed by atoms with E-state index in [1.165, 1.54) is 16.7 Å². The van der Waals surface area contributed by atoms with Crippen molar-refractivity contribution in [3.8, 4) is 34.5 Å². The van der Waals surface area contributed by atoms with Gasteiger partial charge in [-0.2, -0.15) is 13.2 Å². The van der Waals surface area contributed by atoms with E-state index in [4.69, 9.17) is 23.5 Å². The summed E-state index contributed by atoms with van der Waals surface area (Å²) in [5, 5.41) is 16.7. The van der Waals surface area contributed by atoms with Crippen LogP contribution in [0.1, 0.15) is 53.7 Å². The topological polar surface area (TPSA) is 158 Å². The summed E-state index contributed by atoms with van der Waals surface area (Å²) in [7, 11) is 2.08. The number of alkyl halides is 3. The van der Waals surface area contributed by atoms with Gasteiger partial charge in [-0.1, -0.05) is 42.4 Å². The molecule has 18 heteroatoms. The lowest BCUT2D eigenvalue weighted by atomic mass is 10.0. The molecule has 0 aliphatic carbocycles. The molecule has 0 spiro atoms. The molecule has 0 saturated carbocycles. The normalized spacial score (nSPS) is 13.2. The number of carbonyl (C=O) groups is 1. The number of aryl methyl sites for hydroxylation is 2. The van der Waals surface area contributed by atoms with Crippen molar-refractivity contribution in [1.82, 2.24) is 35.1 Å². The predicted octanol–water partition coefficient (Wildman–Crippen LogP) is 7.39. The number of pyridine rings is 1. The summed E-state index contributed by atoms with van der Waals surface area (Å²) in [6, 6.07) is 19.8. The summed E-state index contributed by atoms with van der Waals surface area (Å²) in [4.78, 5) is 27.3. The van der Waals surface area contributed by atoms with E-state index in [2.05, 4.69) is 63.4 Å². The van der Waals surface area contributed by atoms with E-state index in [1.54, 1.807) is 35.0 Å². The van der Waals surface area contributed by atoms with Crippen molar-refractivity contribution in [3.05, 3.63) is 142 Å². The zero-order valence-electron chi connectivity index (χ0n) is 41.5. The first-order valence-corrected chi connectivity index (χ1v) is 23.9. The summed E-state index contributed by atoms with van der Waals surface area (Å²) < 4.78 is 72.1. The Labute approximate surface area is 419 Å². The number of allylic oxidation sites excluding steroid dienone is 1. The third-order valence-corrected chi connectivity index (χ3v) is 11.7. The van der Waals surface area contributed by atoms with E-state index in [-0.39, 0.29) is 43.0 Å². The maximum atomic E-state index is 13.7. The molecule has 5 aromatic rings. The second-order valence-electron chi connectivity index (χ2n) is 17.3. The highest BCUT2D eigenvalue weighted by Gasteiger charge is 2.31. The van der Waals surface area contributed by atoms with Crippen molar-refractivity contribution in [1.29, 1.82) is 0 Å². The van der Waals surface area contributed by atoms with Crippen LogP contribution in [-0.2, 0) is 27.4 Å². The SMILES string of the molecule is C=Cc1c(/C(=C\C)NC2CCN(C)CC2)cc(C#CCNc2ccc(OCCNC(=C)COCCOCCNC(=O)COc3cccc(Cn4cc(-c5c(C)noc5C)ccc4=O)c3)cc2)n1CC(F)(F)F. The first-order chi connectivity index (χ1) is 34.7. The third kappa shape index (κ3) is 16.7. The maximum absolute atomic E-state index is 13.7. The summed E-state index contributed by atoms with van der Waals surface area (Å²) in [6.45, 7) is 16.9. The molecular formula is C54H65F3N8O7. The summed E-state index contributed by atoms with van der Waals surface area (Å²) >= 11 is 0. The Bertz CT molecular complexity index is 2720. The molecule has 3 aromatic heterocycles. The van der Waals surface area contributed by atoms with E-state index in [0.29, 0.717) is 80.3 Å². The van der Waals surface area contributed by atoms with Crippen molar-refractivity contribution in [3.63, 3.8) is 0 Å². The standard InChI is InChI=1S/C54H65F3N8O7/c1-7-49(61-44-20-25-63(6)26-21-44)48-32-45(65(50(48)8-2)37-54(55,56)57)12-10-22-59-43-15-17-46(18-16-43)70-28-24-58-38(3)35-69-30-29-68-27-23-60-51(66)36-71-47-13-9-11-41(31-47)33-64-34-42(14-19-52(64)67)53-39(4)62-72-40(53)5/h7-9,11,13-19,31-32,34,44,58-59,61H,2-3,20-30,33,35-37H2,1,4-6H3,(H,60,66)/b49-7+. The number of amides is 1. The number of carbonyl (C=O) groups excluding carboxylic acids is 1. The van der Waals surface area contributed by atoms with Gasteiger partial charge in [0, 0.05) is 65.2 Å². The number of piperidine rings is 1. The molecule has 0 radical (unpaired) electrons. The van der Waals surface area contributed by atoms with Crippen LogP contribution in [0.3, 0.4) is 0 Å². The van der Waals surface area contributed by atoms with Crippen molar-refractivity contribution >= 4 is 23.4 Å². The van der Waals surface area contributed by atoms with Crippen LogP contribution in [-0.4, -0.2) is 117 Å². The minimum Gasteiger partial charge on any atom is -0.492 e. The average Bonchev–Trinajstić information content (AvgIpc) is 3.88. The molecule has 6 rings (SSSR count). The van der Waals surface area contributed by atoms with Crippen molar-refractivity contribution in [2.24, 2.45) is 0 Å². The van der Waals surface area contributed by atoms with Gasteiger partial charge in [-0.3, -0.25) is 9.59 Å². The van der Waals surface area contributed by atoms with Gasteiger partial charge in [0.25, 0.3) is 11.5 Å². The van der Waals surface area contributed by atoms with Gasteiger partial charge in [-0.15, -0.1) is 0 Å². The number of hydrogen-bond acceptors (Lipinski definition) is 12. The largest absolute Gasteiger partial charge is 0.492 e. The van der Waals surface area contributed by atoms with Gasteiger partial charge in [0.1, 0.15) is 30.4 Å². The Morgan fingerprint density at radius 1 is 0.944 bits per heavy atom. The zero-order chi connectivity index (χ0) is 51.5. The highest BCUT2D eigenvalue weighted by molar-refractivity contribution is 5.77. The molecule has 1 aliphatic rings. The fourth-order valence-corrected chi connectivity index (χ4v) is 8.05. The lowest BCUT2D eigenvalue weighted by molar-refractivity contribution is -0.140. The number of hydrogen-bond donors (Lipinski definition) is 4. The molecule has 4 heterocycles. The number of rotatable bonds is 26. The number of nitrogens with zero attached hydrogens (tertiary/aromatic N) is 4. The first kappa shape index (κ1) is 54.1. The van der Waals surface area contributed by atoms with Crippen LogP contribution >= 0.6 is 0 Å². The molecule has 4 N–H and O–H groups in total. The van der Waals surface area contributed by atoms with Crippen LogP contribution in [0, 0.1) is 25.7 Å². The minimum absolute atomic E-state index is 0.152. The summed E-state index contributed by atoms with van der Waals surface area (Å²) in [5.74, 6) is 7.49. The minimum atomic E-state index is -4.44. The highest BCUT2D eigenvalue weighted by atomic mass is 19.4. The fraction of sp³-hybridized carbons (Fsp3) is 0.389. The van der Waals surface area contributed by atoms with Crippen molar-refractivity contribution in [2.45, 2.75) is 58.9 Å². The van der Waals surface area contributed by atoms with Gasteiger partial charge in [0.2, 0.25) is 0 Å². The monoisotopic (exact) mass is 994 g/mol. The van der Waals surface area contributed by atoms with Crippen molar-refractivity contribution in [2.75, 3.05) is 84.7 Å². The van der Waals surface area contributed by atoms with Crippen molar-refractivity contribution < 1.29 is 41.4 Å². The van der Waals surface area contributed by atoms with Gasteiger partial charge >= 0.3 is 6.18 Å². The molecular weight excluding hydrogens is 930 g/mol. The van der Waals surface area contributed by atoms with Gasteiger partial charge in [-0.25, -0.2) is 0 Å². The lowest BCUT2D eigenvalue weighted by Crippen LogP contribution is -2.40. The van der Waals surface area contributed by atoms with E-state index in [0.717, 1.165) is 59.7 Å². The fourth-order valence-electron chi connectivity index (χ4n) is 8.05. The first-order valence-electron chi connectivity index (χ1n) is 23.9. The quantitative estimate of drug-likeness (QED) is 0.0322. The number of halogens is 3. The maximum Gasteiger partial charge on any atom is 0.406 e. The van der Waals surface area contributed by atoms with E-state index < -0.39 is 12.7 Å². The molecule has 384 valence electrons. The summed E-state index contributed by atoms with van der Waals surface area (Å²) in [6.07, 6.45) is 2.58. The number of ether oxygens (including phenoxy) is 4. The van der Waals surface area contributed by atoms with E-state index in [9.17, 15) is 22.8 Å². The van der Waals surface area contributed by atoms with Crippen LogP contribution in [0.5, 0.6) is 11.5 Å². The number of likely N-dealkylation sites (tertiary alicyclic amines) is 1. The molecule has 15 nitrogen and oxygen atoms in total. The highest BCUT2D eigenvalue weighted by Crippen LogP contribution is 2.29. The number of benzene rings is 2. The van der Waals surface area contributed by atoms with Gasteiger partial charge < -0.3 is 58.8 Å². The number of aromatic nitrogens is 3. The lowest BCUT2D eigenvalue weighted by Gasteiger charge is -2.31. The molecule has 1 fully saturated rings. The molecule has 72 heavy (non-hydrogen) atoms. The van der Waals surface area contributed by atoms with Crippen LogP contribution in [0.15, 0.2) is 107 Å². The Balaban J connectivity index is 0.812. The Morgan fingerprint density at radius 2 is 1.71 bits per heavy atom. The van der Waals surface area contributed by atoms with Crippen LogP contribution in [0.2, 0.25) is 0 Å². The molecule has 0 atom stereocenters. The van der Waals surface area contributed by atoms with Gasteiger partial charge in [0.15, 0.2) is 6.61 Å². The molecule has 1 saturated heterocycles. The Morgan fingerprint density at radius 3 is 2.43 bits per heavy atom. The van der Waals surface area contributed by atoms with E-state index in [1.807, 2.05) is 63.2 Å². The number of nitrogens with one attached hydrogen (secondary N) is 4. The molecule has 1 amide bonds. The van der Waals surface area contributed by atoms with Gasteiger partial charge in [-0.05, 0) is 120 Å². The van der Waals surface area contributed by atoms with Crippen LogP contribution in [0.25, 0.3) is 22.9 Å². The van der Waals surface area contributed by atoms with E-state index >= 15 is 0 Å². The van der Waals surface area contributed by atoms with Crippen LogP contribution in [0.4, 0.5) is 18.9 Å². The molecule has 2 aromatic carbocycles. The van der Waals surface area contributed by atoms with Crippen LogP contribution < -0.4 is 36.3 Å². The predicted molar refractivity (Wildman–Crippen MR) is 274 cm³/mol. The second kappa shape index (κ2) is 26.9. The Hall–Kier alpha value is -7.20. The average molecular weight is 995 g/mol. The zero-order valence-corrected chi connectivity index (χ0v) is 41.5. The molecule has 0 unspecified atom stereocenters. The number of anilines is 1. The molecule has 0 bridgehead atoms. The van der Waals surface area contributed by atoms with Gasteiger partial charge in [0.05, 0.1) is 56.6 Å². The second-order valence-corrected chi connectivity index (χ2v) is 17.3.